The van der Waals surface area contributed by atoms with Gasteiger partial charge in [0.05, 0.1) is 4.90 Å². The highest BCUT2D eigenvalue weighted by Crippen LogP contribution is 2.18. The molecule has 6 heteroatoms. The quantitative estimate of drug-likeness (QED) is 0.538. The predicted molar refractivity (Wildman–Crippen MR) is 111 cm³/mol. The zero-order valence-electron chi connectivity index (χ0n) is 15.2. The van der Waals surface area contributed by atoms with Gasteiger partial charge in [0.25, 0.3) is 10.0 Å². The van der Waals surface area contributed by atoms with Crippen LogP contribution in [0.5, 0.6) is 0 Å². The van der Waals surface area contributed by atoms with Crippen molar-refractivity contribution in [3.63, 3.8) is 0 Å². The van der Waals surface area contributed by atoms with E-state index < -0.39 is 10.0 Å². The van der Waals surface area contributed by atoms with Crippen molar-refractivity contribution in [3.8, 4) is 0 Å². The van der Waals surface area contributed by atoms with E-state index in [1.807, 2.05) is 73.6 Å². The maximum absolute atomic E-state index is 12.7. The van der Waals surface area contributed by atoms with Crippen molar-refractivity contribution in [1.82, 2.24) is 0 Å². The molecular formula is C21H21N3O2S. The molecule has 0 aliphatic heterocycles. The lowest BCUT2D eigenvalue weighted by Crippen LogP contribution is -2.16. The average molecular weight is 379 g/mol. The zero-order valence-corrected chi connectivity index (χ0v) is 16.0. The molecule has 3 aromatic rings. The van der Waals surface area contributed by atoms with E-state index in [0.29, 0.717) is 5.56 Å². The average Bonchev–Trinajstić information content (AvgIpc) is 2.69. The second-order valence-corrected chi connectivity index (χ2v) is 7.76. The fourth-order valence-electron chi connectivity index (χ4n) is 2.49. The lowest BCUT2D eigenvalue weighted by atomic mass is 10.2. The first kappa shape index (κ1) is 18.7. The number of rotatable bonds is 5. The molecule has 0 radical (unpaired) electrons. The summed E-state index contributed by atoms with van der Waals surface area (Å²) in [6.07, 6.45) is 0. The van der Waals surface area contributed by atoms with Crippen LogP contribution in [-0.4, -0.2) is 28.3 Å². The fourth-order valence-corrected chi connectivity index (χ4v) is 3.49. The highest BCUT2D eigenvalue weighted by molar-refractivity contribution is 7.90. The van der Waals surface area contributed by atoms with Crippen molar-refractivity contribution < 1.29 is 8.42 Å². The van der Waals surface area contributed by atoms with E-state index in [9.17, 15) is 8.42 Å². The standard InChI is InChI=1S/C21H21N3O2S/c1-24(2)19-15-13-18(14-16-19)22-21(17-9-5-3-6-10-17)23-27(25,26)20-11-7-4-8-12-20/h3-16H,1-2H3,(H,22,23). The van der Waals surface area contributed by atoms with Crippen molar-refractivity contribution in [2.45, 2.75) is 4.90 Å². The van der Waals surface area contributed by atoms with Crippen LogP contribution < -0.4 is 10.2 Å². The minimum absolute atomic E-state index is 0.156. The van der Waals surface area contributed by atoms with Gasteiger partial charge in [0.2, 0.25) is 0 Å². The van der Waals surface area contributed by atoms with Crippen molar-refractivity contribution in [3.05, 3.63) is 90.5 Å². The molecule has 0 spiro atoms. The Balaban J connectivity index is 1.99. The second kappa shape index (κ2) is 8.05. The molecule has 3 aromatic carbocycles. The smallest absolute Gasteiger partial charge is 0.284 e. The van der Waals surface area contributed by atoms with Crippen molar-refractivity contribution >= 4 is 27.2 Å². The van der Waals surface area contributed by atoms with E-state index in [1.54, 1.807) is 18.2 Å². The molecule has 3 rings (SSSR count). The van der Waals surface area contributed by atoms with Crippen LogP contribution in [-0.2, 0) is 10.0 Å². The molecule has 0 bridgehead atoms. The topological polar surface area (TPSA) is 61.8 Å². The third-order valence-corrected chi connectivity index (χ3v) is 5.24. The number of amidine groups is 1. The summed E-state index contributed by atoms with van der Waals surface area (Å²) < 4.78 is 29.5. The number of sulfonamides is 1. The van der Waals surface area contributed by atoms with E-state index in [0.717, 1.165) is 11.4 Å². The van der Waals surface area contributed by atoms with Crippen molar-refractivity contribution in [1.29, 1.82) is 0 Å². The van der Waals surface area contributed by atoms with Crippen molar-refractivity contribution in [2.75, 3.05) is 24.3 Å². The Kier molecular flexibility index (Phi) is 5.57. The van der Waals surface area contributed by atoms with Gasteiger partial charge >= 0.3 is 0 Å². The van der Waals surface area contributed by atoms with Gasteiger partial charge in [0.15, 0.2) is 5.84 Å². The predicted octanol–water partition coefficient (Wildman–Crippen LogP) is 4.00. The normalized spacial score (nSPS) is 11.9. The Morgan fingerprint density at radius 2 is 1.37 bits per heavy atom. The lowest BCUT2D eigenvalue weighted by Gasteiger charge is -2.14. The van der Waals surface area contributed by atoms with Crippen LogP contribution in [0.25, 0.3) is 0 Å². The summed E-state index contributed by atoms with van der Waals surface area (Å²) in [4.78, 5) is 2.15. The Morgan fingerprint density at radius 1 is 0.815 bits per heavy atom. The minimum atomic E-state index is -3.83. The molecular weight excluding hydrogens is 358 g/mol. The molecule has 0 fully saturated rings. The molecule has 0 heterocycles. The zero-order chi connectivity index (χ0) is 19.3. The van der Waals surface area contributed by atoms with E-state index in [4.69, 9.17) is 0 Å². The van der Waals surface area contributed by atoms with Gasteiger partial charge in [-0.05, 0) is 36.4 Å². The molecule has 0 amide bonds. The Morgan fingerprint density at radius 3 is 1.93 bits per heavy atom. The minimum Gasteiger partial charge on any atom is -0.378 e. The van der Waals surface area contributed by atoms with Crippen LogP contribution in [0.3, 0.4) is 0 Å². The highest BCUT2D eigenvalue weighted by atomic mass is 32.2. The number of hydrogen-bond acceptors (Lipinski definition) is 3. The number of hydrogen-bond donors (Lipinski definition) is 1. The molecule has 0 atom stereocenters. The molecule has 0 aliphatic rings. The van der Waals surface area contributed by atoms with E-state index in [1.165, 1.54) is 12.1 Å². The van der Waals surface area contributed by atoms with E-state index in [-0.39, 0.29) is 10.7 Å². The summed E-state index contributed by atoms with van der Waals surface area (Å²) in [5.74, 6) is 0.275. The first-order chi connectivity index (χ1) is 13.0. The Labute approximate surface area is 160 Å². The SMILES string of the molecule is CN(C)c1ccc(N/C(=N\S(=O)(=O)c2ccccc2)c2ccccc2)cc1. The van der Waals surface area contributed by atoms with Gasteiger partial charge in [0, 0.05) is 31.0 Å². The first-order valence-electron chi connectivity index (χ1n) is 8.45. The molecule has 1 N–H and O–H groups in total. The monoisotopic (exact) mass is 379 g/mol. The summed E-state index contributed by atoms with van der Waals surface area (Å²) in [5, 5.41) is 3.14. The summed E-state index contributed by atoms with van der Waals surface area (Å²) in [5.41, 5.74) is 2.50. The number of benzene rings is 3. The first-order valence-corrected chi connectivity index (χ1v) is 9.89. The molecule has 0 aromatic heterocycles. The molecule has 0 aliphatic carbocycles. The largest absolute Gasteiger partial charge is 0.378 e. The van der Waals surface area contributed by atoms with Crippen LogP contribution in [0.4, 0.5) is 11.4 Å². The number of nitrogens with one attached hydrogen (secondary N) is 1. The van der Waals surface area contributed by atoms with Gasteiger partial charge < -0.3 is 10.2 Å². The molecule has 0 unspecified atom stereocenters. The molecule has 0 saturated heterocycles. The number of anilines is 2. The van der Waals surface area contributed by atoms with Crippen molar-refractivity contribution in [2.24, 2.45) is 4.40 Å². The van der Waals surface area contributed by atoms with E-state index >= 15 is 0 Å². The molecule has 27 heavy (non-hydrogen) atoms. The Bertz CT molecular complexity index is 1010. The highest BCUT2D eigenvalue weighted by Gasteiger charge is 2.15. The third kappa shape index (κ3) is 4.74. The van der Waals surface area contributed by atoms with Crippen LogP contribution in [0, 0.1) is 0 Å². The maximum Gasteiger partial charge on any atom is 0.284 e. The van der Waals surface area contributed by atoms with E-state index in [2.05, 4.69) is 9.71 Å². The van der Waals surface area contributed by atoms with Crippen LogP contribution in [0.15, 0.2) is 94.2 Å². The van der Waals surface area contributed by atoms with Crippen LogP contribution in [0.2, 0.25) is 0 Å². The van der Waals surface area contributed by atoms with Gasteiger partial charge in [-0.25, -0.2) is 0 Å². The van der Waals surface area contributed by atoms with Gasteiger partial charge in [-0.3, -0.25) is 0 Å². The van der Waals surface area contributed by atoms with Gasteiger partial charge in [-0.2, -0.15) is 8.42 Å². The molecule has 138 valence electrons. The Hall–Kier alpha value is -3.12. The molecule has 0 saturated carbocycles. The van der Waals surface area contributed by atoms with Crippen LogP contribution >= 0.6 is 0 Å². The summed E-state index contributed by atoms with van der Waals surface area (Å²) in [6.45, 7) is 0. The van der Waals surface area contributed by atoms with Gasteiger partial charge in [-0.1, -0.05) is 48.5 Å². The fraction of sp³-hybridized carbons (Fsp3) is 0.0952. The van der Waals surface area contributed by atoms with Gasteiger partial charge in [0.1, 0.15) is 0 Å². The lowest BCUT2D eigenvalue weighted by molar-refractivity contribution is 0.598. The van der Waals surface area contributed by atoms with Gasteiger partial charge in [-0.15, -0.1) is 4.40 Å². The second-order valence-electron chi connectivity index (χ2n) is 6.16. The third-order valence-electron chi connectivity index (χ3n) is 3.95. The van der Waals surface area contributed by atoms with Crippen LogP contribution in [0.1, 0.15) is 5.56 Å². The number of nitrogens with zero attached hydrogens (tertiary/aromatic N) is 2. The molecule has 5 nitrogen and oxygen atoms in total. The summed E-state index contributed by atoms with van der Waals surface area (Å²) in [7, 11) is 0.0959. The summed E-state index contributed by atoms with van der Waals surface area (Å²) >= 11 is 0. The summed E-state index contributed by atoms with van der Waals surface area (Å²) in [6, 6.07) is 25.1. The maximum atomic E-state index is 12.7.